The fourth-order valence-corrected chi connectivity index (χ4v) is 5.76. The Labute approximate surface area is 156 Å². The summed E-state index contributed by atoms with van der Waals surface area (Å²) in [7, 11) is 0. The first kappa shape index (κ1) is 17.4. The first-order valence-corrected chi connectivity index (χ1v) is 11.0. The number of aryl methyl sites for hydroxylation is 3. The Morgan fingerprint density at radius 3 is 2.72 bits per heavy atom. The largest absolute Gasteiger partial charge is 0.336 e. The van der Waals surface area contributed by atoms with Gasteiger partial charge in [0.25, 0.3) is 0 Å². The zero-order valence-electron chi connectivity index (χ0n) is 15.6. The Kier molecular flexibility index (Phi) is 5.10. The van der Waals surface area contributed by atoms with Gasteiger partial charge >= 0.3 is 0 Å². The molecule has 4 heteroatoms. The van der Waals surface area contributed by atoms with E-state index < -0.39 is 0 Å². The van der Waals surface area contributed by atoms with Crippen molar-refractivity contribution in [1.82, 2.24) is 9.80 Å². The van der Waals surface area contributed by atoms with Crippen molar-refractivity contribution >= 4 is 17.7 Å². The molecule has 1 aromatic carbocycles. The zero-order chi connectivity index (χ0) is 17.4. The normalized spacial score (nSPS) is 26.9. The van der Waals surface area contributed by atoms with E-state index in [9.17, 15) is 4.79 Å². The Morgan fingerprint density at radius 2 is 1.92 bits per heavy atom. The highest BCUT2D eigenvalue weighted by molar-refractivity contribution is 7.99. The topological polar surface area (TPSA) is 23.6 Å². The van der Waals surface area contributed by atoms with Crippen LogP contribution in [0.5, 0.6) is 0 Å². The molecule has 136 valence electrons. The summed E-state index contributed by atoms with van der Waals surface area (Å²) in [5.41, 5.74) is 5.39. The Balaban J connectivity index is 1.52. The van der Waals surface area contributed by atoms with Gasteiger partial charge in [-0.15, -0.1) is 0 Å². The monoisotopic (exact) mass is 358 g/mol. The number of hydrogen-bond acceptors (Lipinski definition) is 3. The smallest absolute Gasteiger partial charge is 0.230 e. The molecule has 0 radical (unpaired) electrons. The van der Waals surface area contributed by atoms with Crippen molar-refractivity contribution in [2.75, 3.05) is 37.7 Å². The minimum absolute atomic E-state index is 0.0958. The van der Waals surface area contributed by atoms with Gasteiger partial charge < -0.3 is 9.80 Å². The quantitative estimate of drug-likeness (QED) is 0.828. The van der Waals surface area contributed by atoms with Gasteiger partial charge in [-0.1, -0.05) is 12.1 Å². The first-order chi connectivity index (χ1) is 12.1. The first-order valence-electron chi connectivity index (χ1n) is 9.84. The fourth-order valence-electron chi connectivity index (χ4n) is 4.71. The molecule has 2 heterocycles. The Bertz CT molecular complexity index is 654. The molecule has 0 saturated carbocycles. The van der Waals surface area contributed by atoms with Gasteiger partial charge in [-0.05, 0) is 74.9 Å². The van der Waals surface area contributed by atoms with Crippen molar-refractivity contribution in [2.45, 2.75) is 51.5 Å². The maximum absolute atomic E-state index is 13.4. The molecule has 0 bridgehead atoms. The van der Waals surface area contributed by atoms with Crippen LogP contribution in [0.1, 0.15) is 47.4 Å². The third-order valence-electron chi connectivity index (χ3n) is 6.31. The highest BCUT2D eigenvalue weighted by Crippen LogP contribution is 2.37. The second kappa shape index (κ2) is 7.32. The molecule has 3 nitrogen and oxygen atoms in total. The number of carbonyl (C=O) groups is 1. The van der Waals surface area contributed by atoms with Gasteiger partial charge in [-0.3, -0.25) is 4.79 Å². The van der Waals surface area contributed by atoms with Crippen molar-refractivity contribution in [3.8, 4) is 0 Å². The van der Waals surface area contributed by atoms with Gasteiger partial charge in [0.15, 0.2) is 0 Å². The van der Waals surface area contributed by atoms with Crippen LogP contribution in [0.25, 0.3) is 0 Å². The molecule has 2 fully saturated rings. The lowest BCUT2D eigenvalue weighted by molar-refractivity contribution is -0.135. The Hall–Kier alpha value is -1.00. The molecule has 25 heavy (non-hydrogen) atoms. The lowest BCUT2D eigenvalue weighted by atomic mass is 9.95. The van der Waals surface area contributed by atoms with Crippen LogP contribution in [0.3, 0.4) is 0 Å². The lowest BCUT2D eigenvalue weighted by Crippen LogP contribution is -2.52. The molecule has 2 saturated heterocycles. The van der Waals surface area contributed by atoms with E-state index in [-0.39, 0.29) is 5.92 Å². The van der Waals surface area contributed by atoms with Crippen molar-refractivity contribution in [3.05, 3.63) is 34.4 Å². The van der Waals surface area contributed by atoms with E-state index in [1.165, 1.54) is 48.2 Å². The molecule has 1 aromatic rings. The number of carbonyl (C=O) groups excluding carboxylic acids is 1. The van der Waals surface area contributed by atoms with Crippen LogP contribution in [-0.4, -0.2) is 59.4 Å². The molecule has 2 unspecified atom stereocenters. The highest BCUT2D eigenvalue weighted by atomic mass is 32.2. The van der Waals surface area contributed by atoms with Gasteiger partial charge in [0, 0.05) is 24.6 Å². The second-order valence-corrected chi connectivity index (χ2v) is 9.14. The Morgan fingerprint density at radius 1 is 1.16 bits per heavy atom. The number of thioether (sulfide) groups is 1. The summed E-state index contributed by atoms with van der Waals surface area (Å²) < 4.78 is 0. The van der Waals surface area contributed by atoms with Crippen LogP contribution < -0.4 is 0 Å². The minimum atomic E-state index is 0.0958. The molecular weight excluding hydrogens is 328 g/mol. The maximum Gasteiger partial charge on any atom is 0.230 e. The predicted molar refractivity (Wildman–Crippen MR) is 105 cm³/mol. The SMILES string of the molecule is Cc1cc2c(cc1C)C(C(=O)N1CCSCC1CN1CCCC1)CC2. The third kappa shape index (κ3) is 3.48. The molecule has 2 atom stereocenters. The number of hydrogen-bond donors (Lipinski definition) is 0. The van der Waals surface area contributed by atoms with E-state index in [0.29, 0.717) is 11.9 Å². The average Bonchev–Trinajstić information content (AvgIpc) is 3.25. The summed E-state index contributed by atoms with van der Waals surface area (Å²) in [4.78, 5) is 18.2. The fraction of sp³-hybridized carbons (Fsp3) is 0.667. The second-order valence-electron chi connectivity index (χ2n) is 7.99. The highest BCUT2D eigenvalue weighted by Gasteiger charge is 2.36. The van der Waals surface area contributed by atoms with E-state index in [0.717, 1.165) is 37.4 Å². The van der Waals surface area contributed by atoms with E-state index in [1.807, 2.05) is 11.8 Å². The summed E-state index contributed by atoms with van der Waals surface area (Å²) in [6.07, 6.45) is 4.70. The molecule has 0 spiro atoms. The summed E-state index contributed by atoms with van der Waals surface area (Å²) in [6.45, 7) is 8.79. The number of fused-ring (bicyclic) bond motifs is 1. The molecule has 0 N–H and O–H groups in total. The number of nitrogens with zero attached hydrogens (tertiary/aromatic N) is 2. The van der Waals surface area contributed by atoms with Gasteiger partial charge in [0.1, 0.15) is 0 Å². The van der Waals surface area contributed by atoms with Gasteiger partial charge in [-0.25, -0.2) is 0 Å². The van der Waals surface area contributed by atoms with Gasteiger partial charge in [0.05, 0.1) is 12.0 Å². The molecule has 3 aliphatic rings. The third-order valence-corrected chi connectivity index (χ3v) is 7.40. The van der Waals surface area contributed by atoms with E-state index >= 15 is 0 Å². The van der Waals surface area contributed by atoms with E-state index in [2.05, 4.69) is 35.8 Å². The van der Waals surface area contributed by atoms with Gasteiger partial charge in [0.2, 0.25) is 5.91 Å². The summed E-state index contributed by atoms with van der Waals surface area (Å²) in [5.74, 6) is 2.69. The molecule has 0 aromatic heterocycles. The average molecular weight is 359 g/mol. The number of amides is 1. The van der Waals surface area contributed by atoms with Crippen LogP contribution in [0.15, 0.2) is 12.1 Å². The molecule has 2 aliphatic heterocycles. The predicted octanol–water partition coefficient (Wildman–Crippen LogP) is 3.37. The molecule has 4 rings (SSSR count). The molecular formula is C21H30N2OS. The molecule has 1 aliphatic carbocycles. The number of likely N-dealkylation sites (tertiary alicyclic amines) is 1. The number of rotatable bonds is 3. The van der Waals surface area contributed by atoms with E-state index in [1.54, 1.807) is 0 Å². The van der Waals surface area contributed by atoms with Crippen molar-refractivity contribution in [1.29, 1.82) is 0 Å². The molecule has 1 amide bonds. The van der Waals surface area contributed by atoms with Crippen molar-refractivity contribution in [3.63, 3.8) is 0 Å². The van der Waals surface area contributed by atoms with Crippen LogP contribution in [0, 0.1) is 13.8 Å². The number of benzene rings is 1. The summed E-state index contributed by atoms with van der Waals surface area (Å²) in [6, 6.07) is 5.00. The van der Waals surface area contributed by atoms with Crippen LogP contribution >= 0.6 is 11.8 Å². The van der Waals surface area contributed by atoms with Crippen LogP contribution in [0.2, 0.25) is 0 Å². The van der Waals surface area contributed by atoms with Crippen molar-refractivity contribution < 1.29 is 4.79 Å². The van der Waals surface area contributed by atoms with Crippen LogP contribution in [-0.2, 0) is 11.2 Å². The zero-order valence-corrected chi connectivity index (χ0v) is 16.4. The standard InChI is InChI=1S/C21H30N2OS/c1-15-11-17-5-6-19(20(17)12-16(15)2)21(24)23-9-10-25-14-18(23)13-22-7-3-4-8-22/h11-12,18-19H,3-10,13-14H2,1-2H3. The maximum atomic E-state index is 13.4. The summed E-state index contributed by atoms with van der Waals surface area (Å²) in [5, 5.41) is 0. The van der Waals surface area contributed by atoms with Crippen molar-refractivity contribution in [2.24, 2.45) is 0 Å². The van der Waals surface area contributed by atoms with Crippen LogP contribution in [0.4, 0.5) is 0 Å². The summed E-state index contributed by atoms with van der Waals surface area (Å²) >= 11 is 2.02. The lowest BCUT2D eigenvalue weighted by Gasteiger charge is -2.39. The van der Waals surface area contributed by atoms with Gasteiger partial charge in [-0.2, -0.15) is 11.8 Å². The minimum Gasteiger partial charge on any atom is -0.336 e. The van der Waals surface area contributed by atoms with E-state index in [4.69, 9.17) is 0 Å².